The summed E-state index contributed by atoms with van der Waals surface area (Å²) >= 11 is 0. The molecule has 2 aromatic rings. The molecule has 2 rings (SSSR count). The van der Waals surface area contributed by atoms with Gasteiger partial charge in [0.05, 0.1) is 11.9 Å². The molecular weight excluding hydrogens is 265 g/mol. The van der Waals surface area contributed by atoms with Gasteiger partial charge in [-0.05, 0) is 43.4 Å². The van der Waals surface area contributed by atoms with Crippen molar-refractivity contribution in [1.29, 1.82) is 0 Å². The first-order valence-corrected chi connectivity index (χ1v) is 7.50. The molecule has 3 nitrogen and oxygen atoms in total. The highest BCUT2D eigenvalue weighted by atomic mass is 19.1. The van der Waals surface area contributed by atoms with Crippen molar-refractivity contribution >= 4 is 0 Å². The van der Waals surface area contributed by atoms with Gasteiger partial charge >= 0.3 is 0 Å². The second-order valence-electron chi connectivity index (χ2n) is 6.14. The van der Waals surface area contributed by atoms with Crippen LogP contribution in [0, 0.1) is 24.6 Å². The zero-order chi connectivity index (χ0) is 15.4. The monoisotopic (exact) mass is 289 g/mol. The maximum atomic E-state index is 13.6. The number of halogens is 1. The first kappa shape index (κ1) is 15.7. The highest BCUT2D eigenvalue weighted by Crippen LogP contribution is 2.21. The van der Waals surface area contributed by atoms with E-state index in [1.165, 1.54) is 0 Å². The Kier molecular flexibility index (Phi) is 5.12. The topological polar surface area (TPSA) is 54.7 Å². The van der Waals surface area contributed by atoms with E-state index in [4.69, 9.17) is 5.73 Å². The van der Waals surface area contributed by atoms with Gasteiger partial charge in [-0.25, -0.2) is 9.37 Å². The number of nitrogens with zero attached hydrogens (tertiary/aromatic N) is 1. The number of imidazole rings is 1. The van der Waals surface area contributed by atoms with Crippen LogP contribution in [0.1, 0.15) is 31.7 Å². The predicted molar refractivity (Wildman–Crippen MR) is 84.4 cm³/mol. The summed E-state index contributed by atoms with van der Waals surface area (Å²) in [7, 11) is 0. The molecule has 1 aromatic heterocycles. The molecule has 1 heterocycles. The summed E-state index contributed by atoms with van der Waals surface area (Å²) in [5.74, 6) is 1.78. The lowest BCUT2D eigenvalue weighted by Gasteiger charge is -2.15. The van der Waals surface area contributed by atoms with E-state index in [0.29, 0.717) is 23.9 Å². The molecule has 0 bridgehead atoms. The Morgan fingerprint density at radius 1 is 1.33 bits per heavy atom. The van der Waals surface area contributed by atoms with Crippen molar-refractivity contribution in [1.82, 2.24) is 9.97 Å². The molecule has 0 aliphatic rings. The molecule has 0 aliphatic heterocycles. The molecule has 4 heteroatoms. The highest BCUT2D eigenvalue weighted by molar-refractivity contribution is 5.59. The first-order valence-electron chi connectivity index (χ1n) is 7.50. The van der Waals surface area contributed by atoms with E-state index in [2.05, 4.69) is 23.8 Å². The minimum Gasteiger partial charge on any atom is -0.342 e. The molecule has 1 atom stereocenters. The number of aryl methyl sites for hydroxylation is 1. The predicted octanol–water partition coefficient (Wildman–Crippen LogP) is 3.69. The van der Waals surface area contributed by atoms with Crippen LogP contribution in [0.15, 0.2) is 24.4 Å². The second kappa shape index (κ2) is 6.85. The fourth-order valence-electron chi connectivity index (χ4n) is 2.58. The lowest BCUT2D eigenvalue weighted by molar-refractivity contribution is 0.409. The number of rotatable bonds is 6. The van der Waals surface area contributed by atoms with Crippen molar-refractivity contribution in [3.8, 4) is 11.3 Å². The summed E-state index contributed by atoms with van der Waals surface area (Å²) in [6, 6.07) is 5.23. The van der Waals surface area contributed by atoms with Gasteiger partial charge in [-0.15, -0.1) is 0 Å². The van der Waals surface area contributed by atoms with Gasteiger partial charge in [-0.3, -0.25) is 0 Å². The minimum absolute atomic E-state index is 0.191. The van der Waals surface area contributed by atoms with Crippen molar-refractivity contribution in [2.45, 2.75) is 33.6 Å². The molecule has 21 heavy (non-hydrogen) atoms. The number of hydrogen-bond donors (Lipinski definition) is 2. The normalized spacial score (nSPS) is 12.9. The molecule has 0 saturated heterocycles. The van der Waals surface area contributed by atoms with E-state index in [1.54, 1.807) is 25.3 Å². The number of H-pyrrole nitrogens is 1. The molecule has 3 N–H and O–H groups in total. The summed E-state index contributed by atoms with van der Waals surface area (Å²) < 4.78 is 13.6. The van der Waals surface area contributed by atoms with Gasteiger partial charge in [0, 0.05) is 12.0 Å². The van der Waals surface area contributed by atoms with Crippen molar-refractivity contribution in [2.75, 3.05) is 6.54 Å². The van der Waals surface area contributed by atoms with E-state index < -0.39 is 0 Å². The molecule has 0 radical (unpaired) electrons. The van der Waals surface area contributed by atoms with E-state index >= 15 is 0 Å². The van der Waals surface area contributed by atoms with Crippen molar-refractivity contribution in [3.05, 3.63) is 41.6 Å². The molecule has 0 aliphatic carbocycles. The second-order valence-corrected chi connectivity index (χ2v) is 6.14. The summed E-state index contributed by atoms with van der Waals surface area (Å²) in [5.41, 5.74) is 8.16. The molecule has 1 aromatic carbocycles. The molecule has 0 saturated carbocycles. The number of hydrogen-bond acceptors (Lipinski definition) is 2. The smallest absolute Gasteiger partial charge is 0.126 e. The van der Waals surface area contributed by atoms with Gasteiger partial charge in [0.25, 0.3) is 0 Å². The fraction of sp³-hybridized carbons (Fsp3) is 0.471. The molecular formula is C17H24FN3. The van der Waals surface area contributed by atoms with Gasteiger partial charge < -0.3 is 10.7 Å². The van der Waals surface area contributed by atoms with E-state index in [-0.39, 0.29) is 5.82 Å². The number of benzene rings is 1. The third-order valence-electron chi connectivity index (χ3n) is 3.73. The lowest BCUT2D eigenvalue weighted by atomic mass is 9.94. The molecule has 0 spiro atoms. The zero-order valence-corrected chi connectivity index (χ0v) is 13.0. The number of nitrogens with two attached hydrogens (primary N) is 1. The Hall–Kier alpha value is -1.68. The van der Waals surface area contributed by atoms with Crippen LogP contribution in [0.25, 0.3) is 11.3 Å². The van der Waals surface area contributed by atoms with Crippen LogP contribution in [-0.4, -0.2) is 16.5 Å². The molecule has 114 valence electrons. The molecule has 0 amide bonds. The van der Waals surface area contributed by atoms with Crippen LogP contribution in [0.3, 0.4) is 0 Å². The van der Waals surface area contributed by atoms with E-state index in [0.717, 1.165) is 29.9 Å². The minimum atomic E-state index is -0.191. The number of aromatic amines is 1. The fourth-order valence-corrected chi connectivity index (χ4v) is 2.58. The third kappa shape index (κ3) is 4.14. The van der Waals surface area contributed by atoms with Crippen LogP contribution in [0.4, 0.5) is 4.39 Å². The summed E-state index contributed by atoms with van der Waals surface area (Å²) in [4.78, 5) is 7.69. The Balaban J connectivity index is 2.11. The van der Waals surface area contributed by atoms with Gasteiger partial charge in [0.15, 0.2) is 0 Å². The standard InChI is InChI=1S/C17H24FN3/c1-11(2)6-13(9-19)7-17-20-10-16(21-17)14-5-4-12(3)15(18)8-14/h4-5,8,10-11,13H,6-7,9,19H2,1-3H3,(H,20,21). The summed E-state index contributed by atoms with van der Waals surface area (Å²) in [5, 5.41) is 0. The quantitative estimate of drug-likeness (QED) is 0.852. The summed E-state index contributed by atoms with van der Waals surface area (Å²) in [6.07, 6.45) is 3.69. The Bertz CT molecular complexity index is 589. The first-order chi connectivity index (χ1) is 9.99. The Morgan fingerprint density at radius 2 is 2.10 bits per heavy atom. The van der Waals surface area contributed by atoms with Crippen molar-refractivity contribution in [2.24, 2.45) is 17.6 Å². The lowest BCUT2D eigenvalue weighted by Crippen LogP contribution is -2.19. The van der Waals surface area contributed by atoms with Gasteiger partial charge in [-0.2, -0.15) is 0 Å². The van der Waals surface area contributed by atoms with Crippen molar-refractivity contribution < 1.29 is 4.39 Å². The Morgan fingerprint density at radius 3 is 2.71 bits per heavy atom. The van der Waals surface area contributed by atoms with Crippen LogP contribution < -0.4 is 5.73 Å². The zero-order valence-electron chi connectivity index (χ0n) is 13.0. The third-order valence-corrected chi connectivity index (χ3v) is 3.73. The van der Waals surface area contributed by atoms with E-state index in [1.807, 2.05) is 6.07 Å². The average Bonchev–Trinajstić information content (AvgIpc) is 2.89. The Labute approximate surface area is 125 Å². The highest BCUT2D eigenvalue weighted by Gasteiger charge is 2.13. The van der Waals surface area contributed by atoms with Gasteiger partial charge in [0.2, 0.25) is 0 Å². The van der Waals surface area contributed by atoms with E-state index in [9.17, 15) is 4.39 Å². The summed E-state index contributed by atoms with van der Waals surface area (Å²) in [6.45, 7) is 6.82. The van der Waals surface area contributed by atoms with Crippen LogP contribution in [-0.2, 0) is 6.42 Å². The molecule has 0 fully saturated rings. The van der Waals surface area contributed by atoms with Crippen LogP contribution in [0.5, 0.6) is 0 Å². The van der Waals surface area contributed by atoms with Crippen molar-refractivity contribution in [3.63, 3.8) is 0 Å². The largest absolute Gasteiger partial charge is 0.342 e. The maximum absolute atomic E-state index is 13.6. The molecule has 1 unspecified atom stereocenters. The van der Waals surface area contributed by atoms with Crippen LogP contribution in [0.2, 0.25) is 0 Å². The van der Waals surface area contributed by atoms with Gasteiger partial charge in [0.1, 0.15) is 11.6 Å². The SMILES string of the molecule is Cc1ccc(-c2cnc(CC(CN)CC(C)C)[nH]2)cc1F. The average molecular weight is 289 g/mol. The maximum Gasteiger partial charge on any atom is 0.126 e. The number of aromatic nitrogens is 2. The van der Waals surface area contributed by atoms with Crippen LogP contribution >= 0.6 is 0 Å². The number of nitrogens with one attached hydrogen (secondary N) is 1. The van der Waals surface area contributed by atoms with Gasteiger partial charge in [-0.1, -0.05) is 26.0 Å².